The minimum atomic E-state index is 0.695. The van der Waals surface area contributed by atoms with E-state index in [0.717, 1.165) is 6.04 Å². The van der Waals surface area contributed by atoms with E-state index in [0.29, 0.717) is 6.17 Å². The van der Waals surface area contributed by atoms with Gasteiger partial charge in [-0.05, 0) is 38.6 Å². The minimum absolute atomic E-state index is 0.695. The summed E-state index contributed by atoms with van der Waals surface area (Å²) in [6.07, 6.45) is 7.77. The number of rotatable bonds is 2. The van der Waals surface area contributed by atoms with Gasteiger partial charge in [-0.15, -0.1) is 0 Å². The summed E-state index contributed by atoms with van der Waals surface area (Å²) in [4.78, 5) is 5.36. The summed E-state index contributed by atoms with van der Waals surface area (Å²) in [5.41, 5.74) is 0. The first-order chi connectivity index (χ1) is 7.43. The molecule has 2 aliphatic heterocycles. The summed E-state index contributed by atoms with van der Waals surface area (Å²) < 4.78 is 0. The second kappa shape index (κ2) is 4.40. The molecule has 1 aliphatic carbocycles. The van der Waals surface area contributed by atoms with Gasteiger partial charge in [0.25, 0.3) is 0 Å². The Bertz CT molecular complexity index is 201. The molecule has 3 fully saturated rings. The van der Waals surface area contributed by atoms with Crippen LogP contribution in [0.15, 0.2) is 0 Å². The summed E-state index contributed by atoms with van der Waals surface area (Å²) in [5.74, 6) is 0. The van der Waals surface area contributed by atoms with Crippen LogP contribution in [0.3, 0.4) is 0 Å². The standard InChI is InChI=1S/C12H23N3/c1-2-6-13-12(3-1)15-9-7-14(8-10-15)11-4-5-11/h11-13H,1-10H2. The lowest BCUT2D eigenvalue weighted by atomic mass is 10.1. The Hall–Kier alpha value is -0.120. The zero-order valence-electron chi connectivity index (χ0n) is 9.62. The van der Waals surface area contributed by atoms with Crippen molar-refractivity contribution < 1.29 is 0 Å². The average molecular weight is 209 g/mol. The van der Waals surface area contributed by atoms with Gasteiger partial charge in [0.15, 0.2) is 0 Å². The molecule has 0 bridgehead atoms. The molecular formula is C12H23N3. The molecule has 3 nitrogen and oxygen atoms in total. The first kappa shape index (κ1) is 10.1. The topological polar surface area (TPSA) is 18.5 Å². The third-order valence-electron chi connectivity index (χ3n) is 4.14. The highest BCUT2D eigenvalue weighted by atomic mass is 15.3. The SMILES string of the molecule is C1CCC(N2CCN(C3CC3)CC2)NC1. The molecule has 1 N–H and O–H groups in total. The zero-order chi connectivity index (χ0) is 10.1. The van der Waals surface area contributed by atoms with E-state index in [1.807, 2.05) is 0 Å². The van der Waals surface area contributed by atoms with Gasteiger partial charge in [-0.2, -0.15) is 0 Å². The van der Waals surface area contributed by atoms with Crippen LogP contribution < -0.4 is 5.32 Å². The van der Waals surface area contributed by atoms with E-state index in [4.69, 9.17) is 0 Å². The highest BCUT2D eigenvalue weighted by molar-refractivity contribution is 4.88. The average Bonchev–Trinajstić information content (AvgIpc) is 3.15. The summed E-state index contributed by atoms with van der Waals surface area (Å²) in [6, 6.07) is 0.964. The van der Waals surface area contributed by atoms with E-state index in [1.165, 1.54) is 64.8 Å². The van der Waals surface area contributed by atoms with Crippen molar-refractivity contribution >= 4 is 0 Å². The predicted octanol–water partition coefficient (Wildman–Crippen LogP) is 0.866. The Morgan fingerprint density at radius 2 is 1.53 bits per heavy atom. The molecule has 3 aliphatic rings. The summed E-state index contributed by atoms with van der Waals surface area (Å²) in [7, 11) is 0. The maximum Gasteiger partial charge on any atom is 0.0597 e. The van der Waals surface area contributed by atoms with Crippen LogP contribution in [-0.2, 0) is 0 Å². The van der Waals surface area contributed by atoms with Gasteiger partial charge in [0.1, 0.15) is 0 Å². The quantitative estimate of drug-likeness (QED) is 0.728. The molecule has 1 saturated carbocycles. The van der Waals surface area contributed by atoms with Crippen LogP contribution in [0, 0.1) is 0 Å². The molecule has 0 aromatic heterocycles. The fourth-order valence-electron chi connectivity index (χ4n) is 3.00. The van der Waals surface area contributed by atoms with Crippen molar-refractivity contribution in [3.05, 3.63) is 0 Å². The molecule has 0 aromatic rings. The summed E-state index contributed by atoms with van der Waals surface area (Å²) in [6.45, 7) is 6.42. The van der Waals surface area contributed by atoms with Crippen LogP contribution >= 0.6 is 0 Å². The minimum Gasteiger partial charge on any atom is -0.302 e. The van der Waals surface area contributed by atoms with Crippen molar-refractivity contribution in [2.45, 2.75) is 44.3 Å². The largest absolute Gasteiger partial charge is 0.302 e. The maximum absolute atomic E-state index is 3.66. The second-order valence-corrected chi connectivity index (χ2v) is 5.27. The lowest BCUT2D eigenvalue weighted by Gasteiger charge is -2.41. The van der Waals surface area contributed by atoms with Crippen LogP contribution in [0.2, 0.25) is 0 Å². The molecule has 15 heavy (non-hydrogen) atoms. The van der Waals surface area contributed by atoms with Crippen molar-refractivity contribution in [3.8, 4) is 0 Å². The van der Waals surface area contributed by atoms with Gasteiger partial charge in [0.05, 0.1) is 6.17 Å². The molecular weight excluding hydrogens is 186 g/mol. The second-order valence-electron chi connectivity index (χ2n) is 5.27. The molecule has 3 rings (SSSR count). The van der Waals surface area contributed by atoms with Gasteiger partial charge in [-0.1, -0.05) is 0 Å². The van der Waals surface area contributed by atoms with E-state index in [2.05, 4.69) is 15.1 Å². The Labute approximate surface area is 92.8 Å². The van der Waals surface area contributed by atoms with E-state index < -0.39 is 0 Å². The van der Waals surface area contributed by atoms with E-state index in [1.54, 1.807) is 0 Å². The fourth-order valence-corrected chi connectivity index (χ4v) is 3.00. The van der Waals surface area contributed by atoms with Crippen molar-refractivity contribution in [1.29, 1.82) is 0 Å². The normalized spacial score (nSPS) is 35.6. The van der Waals surface area contributed by atoms with Crippen molar-refractivity contribution in [1.82, 2.24) is 15.1 Å². The molecule has 0 amide bonds. The predicted molar refractivity (Wildman–Crippen MR) is 61.8 cm³/mol. The van der Waals surface area contributed by atoms with Gasteiger partial charge >= 0.3 is 0 Å². The third kappa shape index (κ3) is 2.35. The Morgan fingerprint density at radius 1 is 0.800 bits per heavy atom. The van der Waals surface area contributed by atoms with Crippen molar-refractivity contribution in [2.75, 3.05) is 32.7 Å². The van der Waals surface area contributed by atoms with Gasteiger partial charge < -0.3 is 5.32 Å². The summed E-state index contributed by atoms with van der Waals surface area (Å²) >= 11 is 0. The highest BCUT2D eigenvalue weighted by Crippen LogP contribution is 2.28. The third-order valence-corrected chi connectivity index (χ3v) is 4.14. The van der Waals surface area contributed by atoms with Gasteiger partial charge in [-0.3, -0.25) is 9.80 Å². The molecule has 2 saturated heterocycles. The number of nitrogens with zero attached hydrogens (tertiary/aromatic N) is 2. The van der Waals surface area contributed by atoms with Crippen LogP contribution in [0.4, 0.5) is 0 Å². The number of hydrogen-bond donors (Lipinski definition) is 1. The highest BCUT2D eigenvalue weighted by Gasteiger charge is 2.32. The van der Waals surface area contributed by atoms with Gasteiger partial charge in [0, 0.05) is 32.2 Å². The van der Waals surface area contributed by atoms with Crippen LogP contribution in [0.1, 0.15) is 32.1 Å². The monoisotopic (exact) mass is 209 g/mol. The van der Waals surface area contributed by atoms with E-state index in [-0.39, 0.29) is 0 Å². The molecule has 3 heteroatoms. The number of nitrogens with one attached hydrogen (secondary N) is 1. The van der Waals surface area contributed by atoms with Crippen molar-refractivity contribution in [2.24, 2.45) is 0 Å². The fraction of sp³-hybridized carbons (Fsp3) is 1.00. The molecule has 86 valence electrons. The number of hydrogen-bond acceptors (Lipinski definition) is 3. The number of piperazine rings is 1. The zero-order valence-corrected chi connectivity index (χ0v) is 9.62. The first-order valence-corrected chi connectivity index (χ1v) is 6.65. The summed E-state index contributed by atoms with van der Waals surface area (Å²) in [5, 5.41) is 3.66. The lowest BCUT2D eigenvalue weighted by molar-refractivity contribution is 0.0650. The molecule has 0 aromatic carbocycles. The van der Waals surface area contributed by atoms with Crippen LogP contribution in [0.5, 0.6) is 0 Å². The first-order valence-electron chi connectivity index (χ1n) is 6.65. The molecule has 2 heterocycles. The smallest absolute Gasteiger partial charge is 0.0597 e. The number of piperidine rings is 1. The molecule has 0 spiro atoms. The lowest BCUT2D eigenvalue weighted by Crippen LogP contribution is -2.56. The van der Waals surface area contributed by atoms with E-state index in [9.17, 15) is 0 Å². The Balaban J connectivity index is 1.47. The molecule has 1 atom stereocenters. The van der Waals surface area contributed by atoms with Gasteiger partial charge in [-0.25, -0.2) is 0 Å². The van der Waals surface area contributed by atoms with E-state index >= 15 is 0 Å². The van der Waals surface area contributed by atoms with Crippen molar-refractivity contribution in [3.63, 3.8) is 0 Å². The van der Waals surface area contributed by atoms with Crippen LogP contribution in [-0.4, -0.2) is 54.7 Å². The molecule has 0 radical (unpaired) electrons. The molecule has 1 unspecified atom stereocenters. The van der Waals surface area contributed by atoms with Gasteiger partial charge in [0.2, 0.25) is 0 Å². The maximum atomic E-state index is 3.66. The Kier molecular flexibility index (Phi) is 2.95. The van der Waals surface area contributed by atoms with Crippen LogP contribution in [0.25, 0.3) is 0 Å². The Morgan fingerprint density at radius 3 is 2.13 bits per heavy atom.